The molecule has 2 fully saturated rings. The van der Waals surface area contributed by atoms with Crippen LogP contribution in [0.5, 0.6) is 0 Å². The summed E-state index contributed by atoms with van der Waals surface area (Å²) in [4.78, 5) is 19.7. The predicted molar refractivity (Wildman–Crippen MR) is 129 cm³/mol. The second-order valence-corrected chi connectivity index (χ2v) is 9.16. The van der Waals surface area contributed by atoms with E-state index >= 15 is 0 Å². The van der Waals surface area contributed by atoms with Gasteiger partial charge in [0.1, 0.15) is 5.82 Å². The van der Waals surface area contributed by atoms with Gasteiger partial charge in [0.15, 0.2) is 0 Å². The van der Waals surface area contributed by atoms with E-state index in [1.54, 1.807) is 12.1 Å². The van der Waals surface area contributed by atoms with Crippen molar-refractivity contribution in [1.29, 1.82) is 0 Å². The number of carbonyl (C=O) groups excluding carboxylic acids is 1. The highest BCUT2D eigenvalue weighted by atomic mass is 19.4. The third-order valence-electron chi connectivity index (χ3n) is 7.08. The number of hydrogen-bond acceptors (Lipinski definition) is 5. The number of pyridine rings is 1. The first-order valence-electron chi connectivity index (χ1n) is 11.7. The lowest BCUT2D eigenvalue weighted by Gasteiger charge is -2.30. The van der Waals surface area contributed by atoms with Crippen LogP contribution < -0.4 is 10.6 Å². The van der Waals surface area contributed by atoms with Gasteiger partial charge < -0.3 is 20.3 Å². The number of anilines is 2. The van der Waals surface area contributed by atoms with Crippen LogP contribution in [0.25, 0.3) is 22.0 Å². The standard InChI is InChI=1S/C26H27F3N4O2/c1-16-3-2-4-19(24-20(26(27,28)29)7-8-33(24)15-34)23(16)17-5-6-21-18(13-17)14-22(25(30)31-21)32-9-11-35-12-10-32/h2-6,13-15,20,24H,7-12H2,1H3,(H2,30,31). The lowest BCUT2D eigenvalue weighted by Crippen LogP contribution is -2.36. The fraction of sp³-hybridized carbons (Fsp3) is 0.385. The van der Waals surface area contributed by atoms with Gasteiger partial charge >= 0.3 is 6.18 Å². The minimum absolute atomic E-state index is 0.0789. The van der Waals surface area contributed by atoms with Crippen molar-refractivity contribution in [3.63, 3.8) is 0 Å². The third kappa shape index (κ3) is 4.29. The van der Waals surface area contributed by atoms with E-state index in [0.717, 1.165) is 22.2 Å². The Bertz CT molecular complexity index is 1260. The Balaban J connectivity index is 1.63. The van der Waals surface area contributed by atoms with E-state index in [4.69, 9.17) is 10.5 Å². The van der Waals surface area contributed by atoms with Crippen molar-refractivity contribution >= 4 is 28.8 Å². The minimum Gasteiger partial charge on any atom is -0.382 e. The van der Waals surface area contributed by atoms with Gasteiger partial charge in [-0.15, -0.1) is 0 Å². The number of rotatable bonds is 4. The van der Waals surface area contributed by atoms with E-state index in [2.05, 4.69) is 9.88 Å². The number of nitrogens with two attached hydrogens (primary N) is 1. The fourth-order valence-electron chi connectivity index (χ4n) is 5.40. The van der Waals surface area contributed by atoms with Gasteiger partial charge in [0, 0.05) is 25.0 Å². The molecule has 2 atom stereocenters. The highest BCUT2D eigenvalue weighted by Crippen LogP contribution is 2.48. The molecule has 6 nitrogen and oxygen atoms in total. The summed E-state index contributed by atoms with van der Waals surface area (Å²) >= 11 is 0. The Hall–Kier alpha value is -3.33. The van der Waals surface area contributed by atoms with E-state index in [0.29, 0.717) is 55.2 Å². The average molecular weight is 485 g/mol. The number of nitrogen functional groups attached to an aromatic ring is 1. The third-order valence-corrected chi connectivity index (χ3v) is 7.08. The number of halogens is 3. The lowest BCUT2D eigenvalue weighted by molar-refractivity contribution is -0.180. The second kappa shape index (κ2) is 9.03. The summed E-state index contributed by atoms with van der Waals surface area (Å²) < 4.78 is 47.2. The summed E-state index contributed by atoms with van der Waals surface area (Å²) in [7, 11) is 0. The predicted octanol–water partition coefficient (Wildman–Crippen LogP) is 4.71. The van der Waals surface area contributed by atoms with E-state index in [9.17, 15) is 18.0 Å². The first-order chi connectivity index (χ1) is 16.8. The molecule has 0 saturated carbocycles. The van der Waals surface area contributed by atoms with E-state index < -0.39 is 18.1 Å². The van der Waals surface area contributed by atoms with Crippen LogP contribution in [-0.2, 0) is 9.53 Å². The molecular formula is C26H27F3N4O2. The van der Waals surface area contributed by atoms with Crippen LogP contribution in [0.3, 0.4) is 0 Å². The van der Waals surface area contributed by atoms with Crippen molar-refractivity contribution in [2.75, 3.05) is 43.5 Å². The van der Waals surface area contributed by atoms with Gasteiger partial charge in [-0.3, -0.25) is 4.79 Å². The van der Waals surface area contributed by atoms with Gasteiger partial charge in [-0.1, -0.05) is 24.3 Å². The summed E-state index contributed by atoms with van der Waals surface area (Å²) in [5, 5.41) is 0.846. The van der Waals surface area contributed by atoms with Crippen LogP contribution in [0.1, 0.15) is 23.6 Å². The van der Waals surface area contributed by atoms with Crippen molar-refractivity contribution < 1.29 is 22.7 Å². The van der Waals surface area contributed by atoms with E-state index in [-0.39, 0.29) is 13.0 Å². The molecule has 3 heterocycles. The Morgan fingerprint density at radius 3 is 2.60 bits per heavy atom. The zero-order chi connectivity index (χ0) is 24.7. The molecule has 0 radical (unpaired) electrons. The number of carbonyl (C=O) groups is 1. The van der Waals surface area contributed by atoms with E-state index in [1.807, 2.05) is 37.3 Å². The van der Waals surface area contributed by atoms with Crippen LogP contribution >= 0.6 is 0 Å². The van der Waals surface area contributed by atoms with Crippen LogP contribution in [0.4, 0.5) is 24.7 Å². The fourth-order valence-corrected chi connectivity index (χ4v) is 5.40. The van der Waals surface area contributed by atoms with Crippen molar-refractivity contribution in [1.82, 2.24) is 9.88 Å². The molecule has 1 aromatic heterocycles. The molecule has 0 aliphatic carbocycles. The molecule has 3 aromatic rings. The van der Waals surface area contributed by atoms with Crippen LogP contribution in [-0.4, -0.2) is 55.3 Å². The highest BCUT2D eigenvalue weighted by Gasteiger charge is 2.51. The number of likely N-dealkylation sites (tertiary alicyclic amines) is 1. The van der Waals surface area contributed by atoms with Crippen molar-refractivity contribution in [3.05, 3.63) is 53.6 Å². The molecule has 184 valence electrons. The van der Waals surface area contributed by atoms with Gasteiger partial charge in [0.2, 0.25) is 6.41 Å². The molecule has 0 spiro atoms. The summed E-state index contributed by atoms with van der Waals surface area (Å²) in [6.07, 6.45) is -3.98. The minimum atomic E-state index is -4.40. The molecular weight excluding hydrogens is 457 g/mol. The molecule has 0 bridgehead atoms. The van der Waals surface area contributed by atoms with Crippen molar-refractivity contribution in [2.24, 2.45) is 5.92 Å². The number of aryl methyl sites for hydroxylation is 1. The number of hydrogen-bond donors (Lipinski definition) is 1. The first kappa shape index (κ1) is 23.4. The number of alkyl halides is 3. The molecule has 2 aromatic carbocycles. The maximum atomic E-state index is 13.9. The van der Waals surface area contributed by atoms with Gasteiger partial charge in [-0.05, 0) is 53.8 Å². The second-order valence-electron chi connectivity index (χ2n) is 9.16. The molecule has 5 rings (SSSR count). The quantitative estimate of drug-likeness (QED) is 0.543. The molecule has 2 unspecified atom stereocenters. The topological polar surface area (TPSA) is 71.7 Å². The van der Waals surface area contributed by atoms with Crippen LogP contribution in [0.2, 0.25) is 0 Å². The molecule has 2 aliphatic heterocycles. The summed E-state index contributed by atoms with van der Waals surface area (Å²) in [5.41, 5.74) is 10.6. The van der Waals surface area contributed by atoms with Gasteiger partial charge in [-0.25, -0.2) is 4.98 Å². The number of amides is 1. The number of benzene rings is 2. The van der Waals surface area contributed by atoms with Gasteiger partial charge in [0.05, 0.1) is 36.4 Å². The molecule has 2 saturated heterocycles. The smallest absolute Gasteiger partial charge is 0.382 e. The Morgan fingerprint density at radius 1 is 1.11 bits per heavy atom. The number of fused-ring (bicyclic) bond motifs is 1. The molecule has 9 heteroatoms. The molecule has 2 aliphatic rings. The normalized spacial score (nSPS) is 21.0. The maximum absolute atomic E-state index is 13.9. The monoisotopic (exact) mass is 484 g/mol. The van der Waals surface area contributed by atoms with E-state index in [1.165, 1.54) is 4.90 Å². The molecule has 2 N–H and O–H groups in total. The Morgan fingerprint density at radius 2 is 1.89 bits per heavy atom. The summed E-state index contributed by atoms with van der Waals surface area (Å²) in [6, 6.07) is 11.9. The van der Waals surface area contributed by atoms with Crippen molar-refractivity contribution in [2.45, 2.75) is 25.6 Å². The van der Waals surface area contributed by atoms with Crippen LogP contribution in [0.15, 0.2) is 42.5 Å². The van der Waals surface area contributed by atoms with Crippen molar-refractivity contribution in [3.8, 4) is 11.1 Å². The number of nitrogens with zero attached hydrogens (tertiary/aromatic N) is 3. The van der Waals surface area contributed by atoms with Gasteiger partial charge in [-0.2, -0.15) is 13.2 Å². The summed E-state index contributed by atoms with van der Waals surface area (Å²) in [5.74, 6) is -1.17. The van der Waals surface area contributed by atoms with Gasteiger partial charge in [0.25, 0.3) is 0 Å². The zero-order valence-corrected chi connectivity index (χ0v) is 19.4. The lowest BCUT2D eigenvalue weighted by atomic mass is 9.85. The SMILES string of the molecule is Cc1cccc(C2C(C(F)(F)F)CCN2C=O)c1-c1ccc2nc(N)c(N3CCOCC3)cc2c1. The maximum Gasteiger partial charge on any atom is 0.394 e. The zero-order valence-electron chi connectivity index (χ0n) is 19.4. The molecule has 35 heavy (non-hydrogen) atoms. The largest absolute Gasteiger partial charge is 0.394 e. The summed E-state index contributed by atoms with van der Waals surface area (Å²) in [6.45, 7) is 4.60. The first-order valence-corrected chi connectivity index (χ1v) is 11.7. The number of ether oxygens (including phenoxy) is 1. The average Bonchev–Trinajstić information content (AvgIpc) is 3.29. The Kier molecular flexibility index (Phi) is 6.04. The number of morpholine rings is 1. The highest BCUT2D eigenvalue weighted by molar-refractivity contribution is 5.91. The van der Waals surface area contributed by atoms with Crippen LogP contribution in [0, 0.1) is 12.8 Å². The number of aromatic nitrogens is 1. The molecule has 1 amide bonds. The Labute approximate surface area is 201 Å².